The number of aromatic nitrogens is 2. The lowest BCUT2D eigenvalue weighted by Crippen LogP contribution is -1.97. The van der Waals surface area contributed by atoms with Crippen LogP contribution >= 0.6 is 0 Å². The highest BCUT2D eigenvalue weighted by molar-refractivity contribution is 5.99. The Hall–Kier alpha value is -2.82. The van der Waals surface area contributed by atoms with Crippen molar-refractivity contribution in [2.45, 2.75) is 6.92 Å². The normalized spacial score (nSPS) is 12.8. The van der Waals surface area contributed by atoms with Crippen molar-refractivity contribution >= 4 is 16.5 Å². The highest BCUT2D eigenvalue weighted by atomic mass is 16.7. The molecular formula is C16H13N3O2. The van der Waals surface area contributed by atoms with Gasteiger partial charge in [-0.15, -0.1) is 5.10 Å². The number of hydrogen-bond donors (Lipinski definition) is 1. The fourth-order valence-corrected chi connectivity index (χ4v) is 2.58. The number of ether oxygens (including phenoxy) is 2. The Balaban J connectivity index is 2.07. The number of fused-ring (bicyclic) bond motifs is 2. The molecule has 0 unspecified atom stereocenters. The molecule has 2 heterocycles. The molecule has 0 atom stereocenters. The molecule has 0 radical (unpaired) electrons. The van der Waals surface area contributed by atoms with Gasteiger partial charge in [0.25, 0.3) is 0 Å². The Morgan fingerprint density at radius 1 is 1.00 bits per heavy atom. The highest BCUT2D eigenvalue weighted by Crippen LogP contribution is 2.40. The molecule has 0 spiro atoms. The SMILES string of the molecule is Cc1nnc(-c2ccccc2N)c2cc3c(cc12)OCO3. The molecule has 0 aliphatic carbocycles. The van der Waals surface area contributed by atoms with E-state index in [-0.39, 0.29) is 6.79 Å². The lowest BCUT2D eigenvalue weighted by Gasteiger charge is -2.10. The number of nitrogens with two attached hydrogens (primary N) is 1. The molecule has 5 heteroatoms. The molecule has 0 saturated heterocycles. The summed E-state index contributed by atoms with van der Waals surface area (Å²) in [6.07, 6.45) is 0. The Morgan fingerprint density at radius 2 is 1.71 bits per heavy atom. The second kappa shape index (κ2) is 4.34. The van der Waals surface area contributed by atoms with Crippen LogP contribution < -0.4 is 15.2 Å². The molecule has 0 fully saturated rings. The predicted molar refractivity (Wildman–Crippen MR) is 80.2 cm³/mol. The molecule has 0 amide bonds. The zero-order valence-electron chi connectivity index (χ0n) is 11.5. The maximum atomic E-state index is 6.07. The number of benzene rings is 2. The van der Waals surface area contributed by atoms with Gasteiger partial charge in [-0.25, -0.2) is 0 Å². The summed E-state index contributed by atoms with van der Waals surface area (Å²) in [5, 5.41) is 10.5. The van der Waals surface area contributed by atoms with E-state index in [9.17, 15) is 0 Å². The number of nitrogen functional groups attached to an aromatic ring is 1. The minimum absolute atomic E-state index is 0.244. The van der Waals surface area contributed by atoms with E-state index in [1.165, 1.54) is 0 Å². The molecule has 1 aliphatic rings. The van der Waals surface area contributed by atoms with Crippen molar-refractivity contribution in [2.75, 3.05) is 12.5 Å². The summed E-state index contributed by atoms with van der Waals surface area (Å²) in [7, 11) is 0. The fourth-order valence-electron chi connectivity index (χ4n) is 2.58. The number of nitrogens with zero attached hydrogens (tertiary/aromatic N) is 2. The van der Waals surface area contributed by atoms with Crippen molar-refractivity contribution in [3.8, 4) is 22.8 Å². The van der Waals surface area contributed by atoms with Crippen molar-refractivity contribution < 1.29 is 9.47 Å². The van der Waals surface area contributed by atoms with Gasteiger partial charge in [0.2, 0.25) is 6.79 Å². The first-order valence-corrected chi connectivity index (χ1v) is 6.65. The van der Waals surface area contributed by atoms with Crippen LogP contribution in [-0.4, -0.2) is 17.0 Å². The molecule has 0 bridgehead atoms. The van der Waals surface area contributed by atoms with Crippen LogP contribution in [0.3, 0.4) is 0 Å². The third-order valence-electron chi connectivity index (χ3n) is 3.67. The van der Waals surface area contributed by atoms with Gasteiger partial charge in [-0.1, -0.05) is 18.2 Å². The molecule has 2 N–H and O–H groups in total. The first-order chi connectivity index (χ1) is 10.2. The van der Waals surface area contributed by atoms with Gasteiger partial charge in [0.05, 0.1) is 5.69 Å². The van der Waals surface area contributed by atoms with E-state index in [1.54, 1.807) is 0 Å². The molecular weight excluding hydrogens is 266 g/mol. The van der Waals surface area contributed by atoms with E-state index in [0.717, 1.165) is 39.2 Å². The van der Waals surface area contributed by atoms with E-state index < -0.39 is 0 Å². The Morgan fingerprint density at radius 3 is 2.48 bits per heavy atom. The number of rotatable bonds is 1. The zero-order chi connectivity index (χ0) is 14.4. The number of para-hydroxylation sites is 1. The van der Waals surface area contributed by atoms with Crippen molar-refractivity contribution in [1.29, 1.82) is 0 Å². The lowest BCUT2D eigenvalue weighted by molar-refractivity contribution is 0.174. The summed E-state index contributed by atoms with van der Waals surface area (Å²) >= 11 is 0. The summed E-state index contributed by atoms with van der Waals surface area (Å²) in [5.41, 5.74) is 9.22. The maximum Gasteiger partial charge on any atom is 0.231 e. The van der Waals surface area contributed by atoms with Crippen LogP contribution in [0.2, 0.25) is 0 Å². The van der Waals surface area contributed by atoms with Gasteiger partial charge in [0.1, 0.15) is 5.69 Å². The molecule has 104 valence electrons. The summed E-state index contributed by atoms with van der Waals surface area (Å²) in [6, 6.07) is 11.5. The molecule has 1 aliphatic heterocycles. The van der Waals surface area contributed by atoms with Crippen LogP contribution in [0, 0.1) is 6.92 Å². The average Bonchev–Trinajstić information content (AvgIpc) is 2.95. The fraction of sp³-hybridized carbons (Fsp3) is 0.125. The smallest absolute Gasteiger partial charge is 0.231 e. The predicted octanol–water partition coefficient (Wildman–Crippen LogP) is 2.92. The van der Waals surface area contributed by atoms with E-state index >= 15 is 0 Å². The Bertz CT molecular complexity index is 862. The monoisotopic (exact) mass is 279 g/mol. The Labute approximate surface area is 121 Å². The molecule has 0 saturated carbocycles. The maximum absolute atomic E-state index is 6.07. The minimum Gasteiger partial charge on any atom is -0.454 e. The summed E-state index contributed by atoms with van der Waals surface area (Å²) in [4.78, 5) is 0. The molecule has 2 aromatic carbocycles. The van der Waals surface area contributed by atoms with Gasteiger partial charge in [-0.2, -0.15) is 5.10 Å². The molecule has 4 rings (SSSR count). The quantitative estimate of drug-likeness (QED) is 0.693. The van der Waals surface area contributed by atoms with Gasteiger partial charge < -0.3 is 15.2 Å². The molecule has 21 heavy (non-hydrogen) atoms. The number of aryl methyl sites for hydroxylation is 1. The molecule has 1 aromatic heterocycles. The van der Waals surface area contributed by atoms with Gasteiger partial charge in [0.15, 0.2) is 11.5 Å². The topological polar surface area (TPSA) is 70.3 Å². The van der Waals surface area contributed by atoms with Gasteiger partial charge in [0, 0.05) is 22.0 Å². The van der Waals surface area contributed by atoms with Gasteiger partial charge in [-0.05, 0) is 25.1 Å². The van der Waals surface area contributed by atoms with Crippen LogP contribution in [0.15, 0.2) is 36.4 Å². The van der Waals surface area contributed by atoms with Crippen LogP contribution in [-0.2, 0) is 0 Å². The largest absolute Gasteiger partial charge is 0.454 e. The second-order valence-corrected chi connectivity index (χ2v) is 4.97. The average molecular weight is 279 g/mol. The lowest BCUT2D eigenvalue weighted by atomic mass is 10.0. The summed E-state index contributed by atoms with van der Waals surface area (Å²) in [6.45, 7) is 2.17. The van der Waals surface area contributed by atoms with Crippen molar-refractivity contribution in [3.05, 3.63) is 42.1 Å². The summed E-state index contributed by atoms with van der Waals surface area (Å²) in [5.74, 6) is 1.47. The first-order valence-electron chi connectivity index (χ1n) is 6.65. The standard InChI is InChI=1S/C16H13N3O2/c1-9-11-6-14-15(21-8-20-14)7-12(11)16(19-18-9)10-4-2-3-5-13(10)17/h2-7H,8,17H2,1H3. The second-order valence-electron chi connectivity index (χ2n) is 4.97. The number of hydrogen-bond acceptors (Lipinski definition) is 5. The third-order valence-corrected chi connectivity index (χ3v) is 3.67. The number of anilines is 1. The highest BCUT2D eigenvalue weighted by Gasteiger charge is 2.19. The van der Waals surface area contributed by atoms with Crippen LogP contribution in [0.1, 0.15) is 5.69 Å². The van der Waals surface area contributed by atoms with E-state index in [1.807, 2.05) is 43.3 Å². The third kappa shape index (κ3) is 1.78. The van der Waals surface area contributed by atoms with Crippen LogP contribution in [0.25, 0.3) is 22.0 Å². The van der Waals surface area contributed by atoms with E-state index in [2.05, 4.69) is 10.2 Å². The van der Waals surface area contributed by atoms with Crippen molar-refractivity contribution in [3.63, 3.8) is 0 Å². The van der Waals surface area contributed by atoms with Gasteiger partial charge in [-0.3, -0.25) is 0 Å². The molecule has 3 aromatic rings. The van der Waals surface area contributed by atoms with Crippen molar-refractivity contribution in [2.24, 2.45) is 0 Å². The van der Waals surface area contributed by atoms with E-state index in [4.69, 9.17) is 15.2 Å². The van der Waals surface area contributed by atoms with Crippen molar-refractivity contribution in [1.82, 2.24) is 10.2 Å². The first kappa shape index (κ1) is 12.0. The van der Waals surface area contributed by atoms with Crippen LogP contribution in [0.4, 0.5) is 5.69 Å². The van der Waals surface area contributed by atoms with E-state index in [0.29, 0.717) is 5.69 Å². The van der Waals surface area contributed by atoms with Crippen LogP contribution in [0.5, 0.6) is 11.5 Å². The summed E-state index contributed by atoms with van der Waals surface area (Å²) < 4.78 is 10.9. The Kier molecular flexibility index (Phi) is 2.47. The zero-order valence-corrected chi connectivity index (χ0v) is 11.5. The van der Waals surface area contributed by atoms with Gasteiger partial charge >= 0.3 is 0 Å². The minimum atomic E-state index is 0.244. The molecule has 5 nitrogen and oxygen atoms in total.